The standard InChI is InChI=1S/C20H21NO.C2H2O4/c1-15-7-9-16(10-8-15)13-21-14-19-18-6-4-3-5-17(18)11-12-20(19)22-2;3-1(4)2(5)6/h3-12,21H,13-14H2,1-2H3;(H,3,4)(H,5,6). The van der Waals surface area contributed by atoms with Gasteiger partial charge in [0.25, 0.3) is 0 Å². The Kier molecular flexibility index (Phi) is 7.54. The van der Waals surface area contributed by atoms with Crippen molar-refractivity contribution in [2.24, 2.45) is 0 Å². The van der Waals surface area contributed by atoms with Gasteiger partial charge < -0.3 is 20.3 Å². The molecule has 0 fully saturated rings. The average molecular weight is 381 g/mol. The van der Waals surface area contributed by atoms with Gasteiger partial charge in [-0.3, -0.25) is 0 Å². The van der Waals surface area contributed by atoms with E-state index in [0.29, 0.717) is 0 Å². The monoisotopic (exact) mass is 381 g/mol. The number of fused-ring (bicyclic) bond motifs is 1. The van der Waals surface area contributed by atoms with E-state index in [1.165, 1.54) is 27.5 Å². The zero-order valence-corrected chi connectivity index (χ0v) is 15.8. The fourth-order valence-electron chi connectivity index (χ4n) is 2.73. The molecule has 0 aliphatic carbocycles. The molecular formula is C22H23NO5. The Morgan fingerprint density at radius 2 is 1.54 bits per heavy atom. The first kappa shape index (κ1) is 20.9. The Morgan fingerprint density at radius 3 is 2.14 bits per heavy atom. The van der Waals surface area contributed by atoms with Crippen molar-refractivity contribution in [3.63, 3.8) is 0 Å². The molecule has 146 valence electrons. The molecule has 0 atom stereocenters. The highest BCUT2D eigenvalue weighted by atomic mass is 16.5. The summed E-state index contributed by atoms with van der Waals surface area (Å²) < 4.78 is 5.53. The number of carbonyl (C=O) groups is 2. The third-order valence-corrected chi connectivity index (χ3v) is 4.15. The smallest absolute Gasteiger partial charge is 0.414 e. The molecule has 0 amide bonds. The SMILES string of the molecule is COc1ccc2ccccc2c1CNCc1ccc(C)cc1.O=C(O)C(=O)O. The summed E-state index contributed by atoms with van der Waals surface area (Å²) in [4.78, 5) is 18.2. The largest absolute Gasteiger partial charge is 0.496 e. The second kappa shape index (κ2) is 10.1. The highest BCUT2D eigenvalue weighted by molar-refractivity contribution is 6.27. The van der Waals surface area contributed by atoms with Gasteiger partial charge in [-0.15, -0.1) is 0 Å². The number of nitrogens with one attached hydrogen (secondary N) is 1. The number of benzene rings is 3. The Labute approximate surface area is 163 Å². The van der Waals surface area contributed by atoms with E-state index in [-0.39, 0.29) is 0 Å². The van der Waals surface area contributed by atoms with Crippen molar-refractivity contribution in [2.45, 2.75) is 20.0 Å². The zero-order chi connectivity index (χ0) is 20.5. The molecule has 0 aromatic heterocycles. The summed E-state index contributed by atoms with van der Waals surface area (Å²) in [6, 6.07) is 21.2. The third-order valence-electron chi connectivity index (χ3n) is 4.15. The first-order chi connectivity index (χ1) is 13.4. The van der Waals surface area contributed by atoms with Crippen LogP contribution in [0.3, 0.4) is 0 Å². The van der Waals surface area contributed by atoms with Gasteiger partial charge in [-0.25, -0.2) is 9.59 Å². The molecule has 0 unspecified atom stereocenters. The van der Waals surface area contributed by atoms with Gasteiger partial charge in [0.15, 0.2) is 0 Å². The molecule has 0 aliphatic rings. The predicted octanol–water partition coefficient (Wildman–Crippen LogP) is 3.60. The molecule has 6 heteroatoms. The minimum atomic E-state index is -1.82. The molecule has 0 bridgehead atoms. The van der Waals surface area contributed by atoms with Crippen LogP contribution in [-0.4, -0.2) is 29.3 Å². The Morgan fingerprint density at radius 1 is 0.893 bits per heavy atom. The Balaban J connectivity index is 0.000000409. The van der Waals surface area contributed by atoms with Crippen LogP contribution < -0.4 is 10.1 Å². The van der Waals surface area contributed by atoms with Gasteiger partial charge in [0.2, 0.25) is 0 Å². The fourth-order valence-corrected chi connectivity index (χ4v) is 2.73. The number of carboxylic acids is 2. The van der Waals surface area contributed by atoms with Crippen molar-refractivity contribution in [3.05, 3.63) is 77.4 Å². The van der Waals surface area contributed by atoms with Crippen LogP contribution in [0.1, 0.15) is 16.7 Å². The molecule has 0 saturated carbocycles. The summed E-state index contributed by atoms with van der Waals surface area (Å²) in [6.45, 7) is 3.75. The summed E-state index contributed by atoms with van der Waals surface area (Å²) in [5.41, 5.74) is 3.80. The van der Waals surface area contributed by atoms with Gasteiger partial charge in [-0.05, 0) is 29.3 Å². The van der Waals surface area contributed by atoms with E-state index in [1.807, 2.05) is 6.07 Å². The first-order valence-electron chi connectivity index (χ1n) is 8.69. The van der Waals surface area contributed by atoms with E-state index in [0.717, 1.165) is 18.8 Å². The van der Waals surface area contributed by atoms with Gasteiger partial charge >= 0.3 is 11.9 Å². The van der Waals surface area contributed by atoms with E-state index < -0.39 is 11.9 Å². The summed E-state index contributed by atoms with van der Waals surface area (Å²) >= 11 is 0. The van der Waals surface area contributed by atoms with Crippen LogP contribution in [-0.2, 0) is 22.7 Å². The highest BCUT2D eigenvalue weighted by Crippen LogP contribution is 2.27. The van der Waals surface area contributed by atoms with Gasteiger partial charge in [-0.2, -0.15) is 0 Å². The van der Waals surface area contributed by atoms with E-state index in [1.54, 1.807) is 7.11 Å². The number of carboxylic acid groups (broad SMARTS) is 2. The number of aryl methyl sites for hydroxylation is 1. The van der Waals surface area contributed by atoms with Crippen LogP contribution in [0.4, 0.5) is 0 Å². The van der Waals surface area contributed by atoms with Crippen LogP contribution in [0.5, 0.6) is 5.75 Å². The maximum Gasteiger partial charge on any atom is 0.414 e. The van der Waals surface area contributed by atoms with Crippen molar-refractivity contribution in [1.82, 2.24) is 5.32 Å². The molecule has 3 aromatic carbocycles. The number of rotatable bonds is 5. The van der Waals surface area contributed by atoms with Crippen LogP contribution in [0.25, 0.3) is 10.8 Å². The second-order valence-corrected chi connectivity index (χ2v) is 6.17. The lowest BCUT2D eigenvalue weighted by atomic mass is 10.0. The maximum atomic E-state index is 9.10. The number of hydrogen-bond donors (Lipinski definition) is 3. The average Bonchev–Trinajstić information content (AvgIpc) is 2.70. The molecule has 3 rings (SSSR count). The van der Waals surface area contributed by atoms with Gasteiger partial charge in [-0.1, -0.05) is 60.2 Å². The number of hydrogen-bond acceptors (Lipinski definition) is 4. The van der Waals surface area contributed by atoms with Crippen molar-refractivity contribution >= 4 is 22.7 Å². The molecule has 0 spiro atoms. The molecule has 0 saturated heterocycles. The third kappa shape index (κ3) is 5.82. The highest BCUT2D eigenvalue weighted by Gasteiger charge is 2.07. The Hall–Kier alpha value is -3.38. The number of aliphatic carboxylic acids is 2. The van der Waals surface area contributed by atoms with E-state index >= 15 is 0 Å². The van der Waals surface area contributed by atoms with Crippen LogP contribution >= 0.6 is 0 Å². The summed E-state index contributed by atoms with van der Waals surface area (Å²) in [6.07, 6.45) is 0. The van der Waals surface area contributed by atoms with E-state index in [2.05, 4.69) is 66.8 Å². The summed E-state index contributed by atoms with van der Waals surface area (Å²) in [5.74, 6) is -2.71. The van der Waals surface area contributed by atoms with Gasteiger partial charge in [0.05, 0.1) is 7.11 Å². The lowest BCUT2D eigenvalue weighted by Gasteiger charge is -2.13. The summed E-state index contributed by atoms with van der Waals surface area (Å²) in [7, 11) is 1.73. The molecular weight excluding hydrogens is 358 g/mol. The Bertz CT molecular complexity index is 939. The zero-order valence-electron chi connectivity index (χ0n) is 15.8. The van der Waals surface area contributed by atoms with Crippen molar-refractivity contribution < 1.29 is 24.5 Å². The van der Waals surface area contributed by atoms with Gasteiger partial charge in [0.1, 0.15) is 5.75 Å². The normalized spacial score (nSPS) is 10.1. The number of methoxy groups -OCH3 is 1. The van der Waals surface area contributed by atoms with Crippen LogP contribution in [0.15, 0.2) is 60.7 Å². The predicted molar refractivity (Wildman–Crippen MR) is 107 cm³/mol. The topological polar surface area (TPSA) is 95.9 Å². The van der Waals surface area contributed by atoms with E-state index in [4.69, 9.17) is 24.5 Å². The van der Waals surface area contributed by atoms with Crippen molar-refractivity contribution in [2.75, 3.05) is 7.11 Å². The molecule has 0 aliphatic heterocycles. The van der Waals surface area contributed by atoms with Gasteiger partial charge in [0, 0.05) is 18.7 Å². The quantitative estimate of drug-likeness (QED) is 0.585. The fraction of sp³-hybridized carbons (Fsp3) is 0.182. The first-order valence-corrected chi connectivity index (χ1v) is 8.69. The maximum absolute atomic E-state index is 9.10. The van der Waals surface area contributed by atoms with Crippen LogP contribution in [0.2, 0.25) is 0 Å². The molecule has 0 heterocycles. The number of ether oxygens (including phenoxy) is 1. The van der Waals surface area contributed by atoms with Crippen molar-refractivity contribution in [3.8, 4) is 5.75 Å². The van der Waals surface area contributed by atoms with E-state index in [9.17, 15) is 0 Å². The van der Waals surface area contributed by atoms with Crippen LogP contribution in [0, 0.1) is 6.92 Å². The molecule has 28 heavy (non-hydrogen) atoms. The minimum Gasteiger partial charge on any atom is -0.496 e. The minimum absolute atomic E-state index is 0.790. The molecule has 3 N–H and O–H groups in total. The summed E-state index contributed by atoms with van der Waals surface area (Å²) in [5, 5.41) is 20.8. The van der Waals surface area contributed by atoms with Crippen molar-refractivity contribution in [1.29, 1.82) is 0 Å². The molecule has 6 nitrogen and oxygen atoms in total. The lowest BCUT2D eigenvalue weighted by Crippen LogP contribution is -2.13. The lowest BCUT2D eigenvalue weighted by molar-refractivity contribution is -0.159. The second-order valence-electron chi connectivity index (χ2n) is 6.17. The molecule has 3 aromatic rings. The molecule has 0 radical (unpaired) electrons.